The maximum absolute atomic E-state index is 13.0. The van der Waals surface area contributed by atoms with Gasteiger partial charge >= 0.3 is 11.9 Å². The predicted octanol–water partition coefficient (Wildman–Crippen LogP) is 24.0. The van der Waals surface area contributed by atoms with E-state index in [1.54, 1.807) is 0 Å². The fourth-order valence-electron chi connectivity index (χ4n) is 12.3. The molecule has 0 fully saturated rings. The number of allylic oxidation sites excluding steroid dienone is 4. The van der Waals surface area contributed by atoms with Gasteiger partial charge in [0.05, 0.1) is 40.3 Å². The molecule has 0 aliphatic heterocycles. The van der Waals surface area contributed by atoms with Gasteiger partial charge in [-0.25, -0.2) is 0 Å². The molecular weight excluding hydrogens is 1110 g/mol. The number of carbonyl (C=O) groups excluding carboxylic acids is 3. The number of carboxylic acid groups (broad SMARTS) is 1. The van der Waals surface area contributed by atoms with Crippen LogP contribution < -0.4 is 5.11 Å². The normalized spacial score (nSPS) is 12.7. The van der Waals surface area contributed by atoms with Crippen molar-refractivity contribution in [2.75, 3.05) is 47.5 Å². The summed E-state index contributed by atoms with van der Waals surface area (Å²) in [5.74, 6) is -2.25. The topological polar surface area (TPSA) is 111 Å². The van der Waals surface area contributed by atoms with Gasteiger partial charge in [0.2, 0.25) is 0 Å². The maximum Gasteiger partial charge on any atom is 0.306 e. The molecular formula is C81H155NO8. The number of esters is 2. The van der Waals surface area contributed by atoms with Gasteiger partial charge in [0.15, 0.2) is 12.4 Å². The van der Waals surface area contributed by atoms with E-state index >= 15 is 0 Å². The number of quaternary nitrogens is 1. The van der Waals surface area contributed by atoms with Crippen LogP contribution in [0.25, 0.3) is 0 Å². The summed E-state index contributed by atoms with van der Waals surface area (Å²) < 4.78 is 22.9. The summed E-state index contributed by atoms with van der Waals surface area (Å²) in [6.07, 6.45) is 88.8. The number of unbranched alkanes of at least 4 members (excludes halogenated alkanes) is 57. The molecule has 0 rings (SSSR count). The van der Waals surface area contributed by atoms with E-state index in [0.29, 0.717) is 17.4 Å². The molecule has 532 valence electrons. The summed E-state index contributed by atoms with van der Waals surface area (Å²) in [5, 5.41) is 11.9. The van der Waals surface area contributed by atoms with E-state index in [4.69, 9.17) is 18.9 Å². The van der Waals surface area contributed by atoms with Crippen molar-refractivity contribution in [2.24, 2.45) is 0 Å². The lowest BCUT2D eigenvalue weighted by Crippen LogP contribution is -2.44. The van der Waals surface area contributed by atoms with Gasteiger partial charge in [-0.1, -0.05) is 385 Å². The summed E-state index contributed by atoms with van der Waals surface area (Å²) in [7, 11) is 5.95. The molecule has 90 heavy (non-hydrogen) atoms. The highest BCUT2D eigenvalue weighted by Gasteiger charge is 2.22. The van der Waals surface area contributed by atoms with E-state index in [2.05, 4.69) is 38.2 Å². The van der Waals surface area contributed by atoms with Crippen LogP contribution in [-0.4, -0.2) is 82.3 Å². The molecule has 0 aliphatic carbocycles. The first-order valence-electron chi connectivity index (χ1n) is 40.0. The number of nitrogens with zero attached hydrogens (tertiary/aromatic N) is 1. The molecule has 0 saturated carbocycles. The van der Waals surface area contributed by atoms with Crippen LogP contribution in [0, 0.1) is 0 Å². The summed E-state index contributed by atoms with van der Waals surface area (Å²) >= 11 is 0. The van der Waals surface area contributed by atoms with E-state index in [9.17, 15) is 19.5 Å². The van der Waals surface area contributed by atoms with Gasteiger partial charge in [-0.15, -0.1) is 0 Å². The smallest absolute Gasteiger partial charge is 0.306 e. The van der Waals surface area contributed by atoms with E-state index in [0.717, 1.165) is 44.9 Å². The van der Waals surface area contributed by atoms with Gasteiger partial charge in [-0.05, 0) is 44.9 Å². The lowest BCUT2D eigenvalue weighted by Gasteiger charge is -2.26. The largest absolute Gasteiger partial charge is 0.545 e. The van der Waals surface area contributed by atoms with Gasteiger partial charge in [-0.3, -0.25) is 9.59 Å². The average molecular weight is 1270 g/mol. The summed E-state index contributed by atoms with van der Waals surface area (Å²) in [5.41, 5.74) is 0. The Morgan fingerprint density at radius 3 is 0.878 bits per heavy atom. The van der Waals surface area contributed by atoms with Crippen molar-refractivity contribution in [3.63, 3.8) is 0 Å². The van der Waals surface area contributed by atoms with Crippen LogP contribution in [0.5, 0.6) is 0 Å². The molecule has 0 radical (unpaired) electrons. The molecule has 0 aromatic rings. The van der Waals surface area contributed by atoms with Crippen molar-refractivity contribution in [3.8, 4) is 0 Å². The number of ether oxygens (including phenoxy) is 4. The fourth-order valence-corrected chi connectivity index (χ4v) is 12.3. The van der Waals surface area contributed by atoms with Gasteiger partial charge in [-0.2, -0.15) is 0 Å². The Hall–Kier alpha value is -2.23. The third kappa shape index (κ3) is 73.2. The van der Waals surface area contributed by atoms with E-state index < -0.39 is 24.3 Å². The summed E-state index contributed by atoms with van der Waals surface area (Å²) in [4.78, 5) is 37.6. The van der Waals surface area contributed by atoms with Crippen LogP contribution in [0.4, 0.5) is 0 Å². The van der Waals surface area contributed by atoms with Crippen LogP contribution in [0.1, 0.15) is 418 Å². The zero-order chi connectivity index (χ0) is 65.4. The van der Waals surface area contributed by atoms with Gasteiger partial charge in [0.25, 0.3) is 0 Å². The Bertz CT molecular complexity index is 1530. The van der Waals surface area contributed by atoms with Crippen molar-refractivity contribution in [1.29, 1.82) is 0 Å². The van der Waals surface area contributed by atoms with Crippen molar-refractivity contribution in [2.45, 2.75) is 431 Å². The molecule has 0 N–H and O–H groups in total. The van der Waals surface area contributed by atoms with Gasteiger partial charge < -0.3 is 33.3 Å². The Kier molecular flexibility index (Phi) is 70.8. The Balaban J connectivity index is 3.96. The molecule has 0 heterocycles. The molecule has 0 saturated heterocycles. The minimum atomic E-state index is -1.62. The number of hydrogen-bond acceptors (Lipinski definition) is 8. The maximum atomic E-state index is 13.0. The number of likely N-dealkylation sites (N-methyl/N-ethyl adjacent to an activating group) is 1. The van der Waals surface area contributed by atoms with E-state index in [1.807, 2.05) is 21.1 Å². The molecule has 9 heteroatoms. The summed E-state index contributed by atoms with van der Waals surface area (Å²) in [6.45, 7) is 4.83. The molecule has 2 atom stereocenters. The fraction of sp³-hybridized carbons (Fsp3) is 0.914. The van der Waals surface area contributed by atoms with Crippen LogP contribution in [-0.2, 0) is 33.3 Å². The first-order valence-corrected chi connectivity index (χ1v) is 40.0. The molecule has 2 unspecified atom stereocenters. The SMILES string of the molecule is CCCCCCC/C=C\C/C=C\CCCCCCCCCCCCCCCCCCCCCC(=O)OC(COC(=O)CCCCCCCCCCCCCCCCCCCCCCCCCCCCCCCCCCCC)COC(OCC[N+](C)(C)C)C(=O)[O-]. The zero-order valence-corrected chi connectivity index (χ0v) is 61.1. The van der Waals surface area contributed by atoms with Crippen LogP contribution in [0.15, 0.2) is 24.3 Å². The third-order valence-electron chi connectivity index (χ3n) is 18.5. The predicted molar refractivity (Wildman–Crippen MR) is 385 cm³/mol. The van der Waals surface area contributed by atoms with Crippen LogP contribution >= 0.6 is 0 Å². The van der Waals surface area contributed by atoms with Crippen molar-refractivity contribution < 1.29 is 42.9 Å². The van der Waals surface area contributed by atoms with Crippen molar-refractivity contribution in [1.82, 2.24) is 0 Å². The minimum absolute atomic E-state index is 0.152. The van der Waals surface area contributed by atoms with Gasteiger partial charge in [0, 0.05) is 12.8 Å². The van der Waals surface area contributed by atoms with Crippen molar-refractivity contribution >= 4 is 17.9 Å². The highest BCUT2D eigenvalue weighted by Crippen LogP contribution is 2.20. The second kappa shape index (κ2) is 72.6. The molecule has 0 aromatic carbocycles. The molecule has 0 amide bonds. The van der Waals surface area contributed by atoms with E-state index in [1.165, 1.54) is 347 Å². The molecule has 0 aliphatic rings. The third-order valence-corrected chi connectivity index (χ3v) is 18.5. The Morgan fingerprint density at radius 2 is 0.600 bits per heavy atom. The first-order chi connectivity index (χ1) is 44.1. The minimum Gasteiger partial charge on any atom is -0.545 e. The highest BCUT2D eigenvalue weighted by atomic mass is 16.7. The monoisotopic (exact) mass is 1270 g/mol. The number of carboxylic acids is 1. The molecule has 0 aromatic heterocycles. The zero-order valence-electron chi connectivity index (χ0n) is 61.1. The second-order valence-corrected chi connectivity index (χ2v) is 28.7. The highest BCUT2D eigenvalue weighted by molar-refractivity contribution is 5.70. The van der Waals surface area contributed by atoms with E-state index in [-0.39, 0.29) is 32.2 Å². The molecule has 9 nitrogen and oxygen atoms in total. The number of carbonyl (C=O) groups is 3. The Morgan fingerprint density at radius 1 is 0.333 bits per heavy atom. The molecule has 0 spiro atoms. The van der Waals surface area contributed by atoms with Crippen LogP contribution in [0.2, 0.25) is 0 Å². The molecule has 0 bridgehead atoms. The number of rotatable bonds is 76. The lowest BCUT2D eigenvalue weighted by molar-refractivity contribution is -0.870. The standard InChI is InChI=1S/C81H155NO8/c1-6-8-10-12-14-16-18-20-22-24-26-28-30-32-34-36-38-39-40-42-43-45-47-49-51-53-55-57-59-61-63-65-67-69-71-78(83)88-75-77(76-89-81(80(85)86)87-74-73-82(3,4)5)90-79(84)72-70-68-66-64-62-60-58-56-54-52-50-48-46-44-41-37-35-33-31-29-27-25-23-21-19-17-15-13-11-9-7-2/h19,21,25,27,77,81H,6-18,20,22-24,26,28-76H2,1-5H3/b21-19-,27-25-. The van der Waals surface area contributed by atoms with Crippen molar-refractivity contribution in [3.05, 3.63) is 24.3 Å². The quantitative estimate of drug-likeness (QED) is 0.0195. The summed E-state index contributed by atoms with van der Waals surface area (Å²) in [6, 6.07) is 0. The van der Waals surface area contributed by atoms with Crippen LogP contribution in [0.3, 0.4) is 0 Å². The second-order valence-electron chi connectivity index (χ2n) is 28.7. The Labute approximate surface area is 560 Å². The van der Waals surface area contributed by atoms with Gasteiger partial charge in [0.1, 0.15) is 13.2 Å². The lowest BCUT2D eigenvalue weighted by atomic mass is 10.0. The first kappa shape index (κ1) is 87.8. The average Bonchev–Trinajstić information content (AvgIpc) is 3.63. The number of hydrogen-bond donors (Lipinski definition) is 0. The number of aliphatic carboxylic acids is 1.